The minimum absolute atomic E-state index is 0.150. The molecule has 1 amide bonds. The van der Waals surface area contributed by atoms with Gasteiger partial charge in [-0.25, -0.2) is 18.3 Å². The minimum atomic E-state index is -2.67. The van der Waals surface area contributed by atoms with Crippen molar-refractivity contribution in [2.45, 2.75) is 13.3 Å². The third-order valence-electron chi connectivity index (χ3n) is 2.79. The van der Waals surface area contributed by atoms with Gasteiger partial charge in [0, 0.05) is 12.7 Å². The first-order valence-electron chi connectivity index (χ1n) is 5.88. The molecule has 7 nitrogen and oxygen atoms in total. The van der Waals surface area contributed by atoms with Gasteiger partial charge in [-0.15, -0.1) is 0 Å². The molecule has 2 rings (SSSR count). The van der Waals surface area contributed by atoms with E-state index in [-0.39, 0.29) is 12.1 Å². The van der Waals surface area contributed by atoms with Gasteiger partial charge >= 0.3 is 0 Å². The van der Waals surface area contributed by atoms with Crippen LogP contribution in [0, 0.1) is 6.92 Å². The molecule has 0 radical (unpaired) electrons. The summed E-state index contributed by atoms with van der Waals surface area (Å²) in [6.07, 6.45) is -0.111. The summed E-state index contributed by atoms with van der Waals surface area (Å²) in [5.74, 6) is -0.302. The third kappa shape index (κ3) is 2.72. The van der Waals surface area contributed by atoms with E-state index in [0.717, 1.165) is 4.90 Å². The smallest absolute Gasteiger partial charge is 0.257 e. The molecule has 9 heteroatoms. The van der Waals surface area contributed by atoms with E-state index in [2.05, 4.69) is 15.1 Å². The summed E-state index contributed by atoms with van der Waals surface area (Å²) in [6.45, 7) is 0.318. The van der Waals surface area contributed by atoms with Crippen molar-refractivity contribution in [3.63, 3.8) is 0 Å². The number of aromatic nitrogens is 4. The molecule has 0 aromatic carbocycles. The van der Waals surface area contributed by atoms with Crippen molar-refractivity contribution in [2.24, 2.45) is 0 Å². The molecule has 2 aromatic rings. The van der Waals surface area contributed by atoms with Crippen LogP contribution >= 0.6 is 0 Å². The summed E-state index contributed by atoms with van der Waals surface area (Å²) >= 11 is 0. The Kier molecular flexibility index (Phi) is 4.18. The first-order chi connectivity index (χ1) is 9.54. The number of aliphatic hydroxyl groups excluding tert-OH is 1. The van der Waals surface area contributed by atoms with Gasteiger partial charge in [0.15, 0.2) is 0 Å². The normalized spacial score (nSPS) is 11.2. The Morgan fingerprint density at radius 1 is 1.50 bits per heavy atom. The molecule has 0 bridgehead atoms. The lowest BCUT2D eigenvalue weighted by atomic mass is 10.2. The molecule has 1 N–H and O–H groups in total. The maximum atomic E-state index is 12.5. The third-order valence-corrected chi connectivity index (χ3v) is 2.79. The topological polar surface area (TPSA) is 83.6 Å². The van der Waals surface area contributed by atoms with Gasteiger partial charge in [0.25, 0.3) is 18.1 Å². The molecule has 2 heterocycles. The quantitative estimate of drug-likeness (QED) is 0.844. The van der Waals surface area contributed by atoms with E-state index in [1.165, 1.54) is 17.0 Å². The van der Waals surface area contributed by atoms with Gasteiger partial charge in [-0.1, -0.05) is 0 Å². The number of aliphatic hydroxyl groups is 1. The Bertz CT molecular complexity index is 616. The predicted molar refractivity (Wildman–Crippen MR) is 64.5 cm³/mol. The van der Waals surface area contributed by atoms with Crippen LogP contribution in [0.5, 0.6) is 0 Å². The van der Waals surface area contributed by atoms with Crippen LogP contribution in [-0.2, 0) is 0 Å². The van der Waals surface area contributed by atoms with Crippen molar-refractivity contribution in [1.29, 1.82) is 0 Å². The van der Waals surface area contributed by atoms with Crippen molar-refractivity contribution in [3.8, 4) is 0 Å². The molecule has 0 aliphatic carbocycles. The summed E-state index contributed by atoms with van der Waals surface area (Å²) in [6, 6.07) is 0. The van der Waals surface area contributed by atoms with E-state index in [1.807, 2.05) is 0 Å². The Morgan fingerprint density at radius 2 is 2.25 bits per heavy atom. The summed E-state index contributed by atoms with van der Waals surface area (Å²) in [5, 5.41) is 12.8. The van der Waals surface area contributed by atoms with E-state index in [0.29, 0.717) is 11.5 Å². The molecule has 0 spiro atoms. The van der Waals surface area contributed by atoms with Gasteiger partial charge in [0.2, 0.25) is 0 Å². The second-order valence-corrected chi connectivity index (χ2v) is 4.09. The van der Waals surface area contributed by atoms with Gasteiger partial charge in [-0.2, -0.15) is 10.1 Å². The molecular weight excluding hydrogens is 272 g/mol. The average molecular weight is 285 g/mol. The number of hydrogen-bond acceptors (Lipinski definition) is 5. The fourth-order valence-corrected chi connectivity index (χ4v) is 1.83. The fraction of sp³-hybridized carbons (Fsp3) is 0.455. The van der Waals surface area contributed by atoms with Crippen molar-refractivity contribution in [3.05, 3.63) is 23.8 Å². The van der Waals surface area contributed by atoms with Gasteiger partial charge in [-0.3, -0.25) is 4.79 Å². The van der Waals surface area contributed by atoms with Crippen LogP contribution in [0.3, 0.4) is 0 Å². The van der Waals surface area contributed by atoms with Crippen molar-refractivity contribution < 1.29 is 18.7 Å². The second kappa shape index (κ2) is 5.87. The number of alkyl halides is 2. The molecule has 0 saturated heterocycles. The Morgan fingerprint density at radius 3 is 2.90 bits per heavy atom. The molecule has 0 saturated carbocycles. The van der Waals surface area contributed by atoms with Gasteiger partial charge in [-0.05, 0) is 6.92 Å². The number of carbonyl (C=O) groups is 1. The second-order valence-electron chi connectivity index (χ2n) is 4.09. The van der Waals surface area contributed by atoms with Crippen LogP contribution in [0.25, 0.3) is 5.78 Å². The maximum Gasteiger partial charge on any atom is 0.257 e. The predicted octanol–water partition coefficient (Wildman–Crippen LogP) is 0.132. The average Bonchev–Trinajstić information content (AvgIpc) is 2.87. The first-order valence-corrected chi connectivity index (χ1v) is 5.88. The van der Waals surface area contributed by atoms with E-state index in [4.69, 9.17) is 5.11 Å². The molecule has 20 heavy (non-hydrogen) atoms. The summed E-state index contributed by atoms with van der Waals surface area (Å²) in [7, 11) is 0. The molecule has 2 aromatic heterocycles. The van der Waals surface area contributed by atoms with Crippen LogP contribution in [0.1, 0.15) is 16.1 Å². The number of nitrogens with zero attached hydrogens (tertiary/aromatic N) is 5. The summed E-state index contributed by atoms with van der Waals surface area (Å²) < 4.78 is 26.3. The van der Waals surface area contributed by atoms with Crippen LogP contribution < -0.4 is 0 Å². The molecule has 0 fully saturated rings. The van der Waals surface area contributed by atoms with E-state index in [9.17, 15) is 13.6 Å². The van der Waals surface area contributed by atoms with Crippen molar-refractivity contribution in [1.82, 2.24) is 24.5 Å². The number of carbonyl (C=O) groups excluding carboxylic acids is 1. The Hall–Kier alpha value is -2.16. The van der Waals surface area contributed by atoms with Gasteiger partial charge in [0.05, 0.1) is 24.4 Å². The highest BCUT2D eigenvalue weighted by Gasteiger charge is 2.22. The maximum absolute atomic E-state index is 12.5. The molecule has 0 aliphatic rings. The lowest BCUT2D eigenvalue weighted by Gasteiger charge is -2.21. The molecule has 108 valence electrons. The number of amides is 1. The zero-order valence-corrected chi connectivity index (χ0v) is 10.7. The number of hydrogen-bond donors (Lipinski definition) is 1. The Labute approximate surface area is 112 Å². The zero-order chi connectivity index (χ0) is 14.7. The van der Waals surface area contributed by atoms with E-state index < -0.39 is 25.5 Å². The Balaban J connectivity index is 2.35. The summed E-state index contributed by atoms with van der Waals surface area (Å²) in [4.78, 5) is 20.9. The van der Waals surface area contributed by atoms with E-state index in [1.54, 1.807) is 6.92 Å². The monoisotopic (exact) mass is 285 g/mol. The van der Waals surface area contributed by atoms with E-state index >= 15 is 0 Å². The molecular formula is C11H13F2N5O2. The number of halogens is 2. The largest absolute Gasteiger partial charge is 0.395 e. The number of fused-ring (bicyclic) bond motifs is 1. The number of aryl methyl sites for hydroxylation is 1. The van der Waals surface area contributed by atoms with Crippen LogP contribution in [0.15, 0.2) is 12.5 Å². The van der Waals surface area contributed by atoms with Gasteiger partial charge in [0.1, 0.15) is 6.33 Å². The molecule has 0 aliphatic heterocycles. The number of rotatable bonds is 5. The molecule has 0 atom stereocenters. The van der Waals surface area contributed by atoms with Crippen LogP contribution in [0.2, 0.25) is 0 Å². The minimum Gasteiger partial charge on any atom is -0.395 e. The SMILES string of the molecule is Cc1c(C(=O)N(CCO)CC(F)F)cnc2ncnn12. The molecule has 0 unspecified atom stereocenters. The van der Waals surface area contributed by atoms with Gasteiger partial charge < -0.3 is 10.0 Å². The first kappa shape index (κ1) is 14.3. The fourth-order valence-electron chi connectivity index (χ4n) is 1.83. The lowest BCUT2D eigenvalue weighted by Crippen LogP contribution is -2.37. The van der Waals surface area contributed by atoms with Crippen LogP contribution in [-0.4, -0.2) is 61.6 Å². The highest BCUT2D eigenvalue weighted by atomic mass is 19.3. The standard InChI is InChI=1S/C11H13F2N5O2/c1-7-8(4-14-11-15-6-16-18(7)11)10(20)17(2-3-19)5-9(12)13/h4,6,9,19H,2-3,5H2,1H3. The zero-order valence-electron chi connectivity index (χ0n) is 10.7. The highest BCUT2D eigenvalue weighted by molar-refractivity contribution is 5.95. The highest BCUT2D eigenvalue weighted by Crippen LogP contribution is 2.12. The van der Waals surface area contributed by atoms with Crippen molar-refractivity contribution in [2.75, 3.05) is 19.7 Å². The van der Waals surface area contributed by atoms with Crippen molar-refractivity contribution >= 4 is 11.7 Å². The lowest BCUT2D eigenvalue weighted by molar-refractivity contribution is 0.0507. The van der Waals surface area contributed by atoms with Crippen LogP contribution in [0.4, 0.5) is 8.78 Å². The summed E-state index contributed by atoms with van der Waals surface area (Å²) in [5.41, 5.74) is 0.604.